The number of aryl methyl sites for hydroxylation is 1. The van der Waals surface area contributed by atoms with Crippen molar-refractivity contribution < 1.29 is 14.8 Å². The summed E-state index contributed by atoms with van der Waals surface area (Å²) < 4.78 is 0. The lowest BCUT2D eigenvalue weighted by Crippen LogP contribution is -2.25. The van der Waals surface area contributed by atoms with Crippen LogP contribution in [-0.4, -0.2) is 37.7 Å². The van der Waals surface area contributed by atoms with Gasteiger partial charge in [-0.15, -0.1) is 0 Å². The molecule has 9 heteroatoms. The average molecular weight is 291 g/mol. The predicted octanol–water partition coefficient (Wildman–Crippen LogP) is 0.781. The Bertz CT molecular complexity index is 641. The number of carbonyl (C=O) groups is 1. The van der Waals surface area contributed by atoms with Gasteiger partial charge >= 0.3 is 5.69 Å². The number of H-pyrrole nitrogens is 1. The molecule has 0 bridgehead atoms. The maximum atomic E-state index is 11.9. The summed E-state index contributed by atoms with van der Waals surface area (Å²) in [5.74, 6) is -0.480. The lowest BCUT2D eigenvalue weighted by atomic mass is 10.1. The molecule has 1 amide bonds. The first-order valence-corrected chi connectivity index (χ1v) is 6.18. The summed E-state index contributed by atoms with van der Waals surface area (Å²) >= 11 is 0. The van der Waals surface area contributed by atoms with Crippen molar-refractivity contribution in [2.45, 2.75) is 12.8 Å². The molecule has 0 aliphatic rings. The van der Waals surface area contributed by atoms with Crippen molar-refractivity contribution in [2.24, 2.45) is 0 Å². The topological polar surface area (TPSA) is 134 Å². The fourth-order valence-electron chi connectivity index (χ4n) is 1.77. The summed E-state index contributed by atoms with van der Waals surface area (Å²) in [5.41, 5.74) is -0.617. The van der Waals surface area contributed by atoms with Crippen molar-refractivity contribution in [3.8, 4) is 5.75 Å². The minimum absolute atomic E-state index is 0.121. The third-order valence-corrected chi connectivity index (χ3v) is 2.80. The number of rotatable bonds is 6. The fourth-order valence-corrected chi connectivity index (χ4v) is 1.77. The number of hydrogen-bond donors (Lipinski definition) is 3. The van der Waals surface area contributed by atoms with E-state index in [4.69, 9.17) is 0 Å². The van der Waals surface area contributed by atoms with Crippen LogP contribution in [0.1, 0.15) is 22.6 Å². The van der Waals surface area contributed by atoms with Gasteiger partial charge in [0.25, 0.3) is 5.91 Å². The molecule has 0 unspecified atom stereocenters. The van der Waals surface area contributed by atoms with E-state index in [9.17, 15) is 20.0 Å². The summed E-state index contributed by atoms with van der Waals surface area (Å²) in [6.45, 7) is 0.349. The lowest BCUT2D eigenvalue weighted by Gasteiger charge is -2.06. The van der Waals surface area contributed by atoms with Gasteiger partial charge in [0.15, 0.2) is 0 Å². The lowest BCUT2D eigenvalue weighted by molar-refractivity contribution is -0.385. The number of amides is 1. The molecule has 110 valence electrons. The molecule has 3 N–H and O–H groups in total. The number of benzene rings is 1. The van der Waals surface area contributed by atoms with Gasteiger partial charge in [0.1, 0.15) is 12.2 Å². The second-order valence-corrected chi connectivity index (χ2v) is 4.22. The second-order valence-electron chi connectivity index (χ2n) is 4.22. The highest BCUT2D eigenvalue weighted by Gasteiger charge is 2.20. The number of para-hydroxylation sites is 1. The Morgan fingerprint density at radius 3 is 2.95 bits per heavy atom. The van der Waals surface area contributed by atoms with Crippen molar-refractivity contribution in [1.82, 2.24) is 20.5 Å². The molecule has 0 aliphatic carbocycles. The molecule has 2 aromatic rings. The Hall–Kier alpha value is -2.97. The molecular formula is C12H13N5O4. The van der Waals surface area contributed by atoms with Crippen molar-refractivity contribution in [3.05, 3.63) is 46.0 Å². The second kappa shape index (κ2) is 6.46. The van der Waals surface area contributed by atoms with Gasteiger partial charge in [-0.25, -0.2) is 4.98 Å². The van der Waals surface area contributed by atoms with Gasteiger partial charge in [0.05, 0.1) is 10.5 Å². The third-order valence-electron chi connectivity index (χ3n) is 2.80. The van der Waals surface area contributed by atoms with Crippen LogP contribution in [0.2, 0.25) is 0 Å². The number of hydrogen-bond acceptors (Lipinski definition) is 6. The van der Waals surface area contributed by atoms with E-state index in [-0.39, 0.29) is 5.56 Å². The number of nitro groups is 1. The molecule has 0 spiro atoms. The van der Waals surface area contributed by atoms with E-state index in [1.165, 1.54) is 18.5 Å². The summed E-state index contributed by atoms with van der Waals surface area (Å²) in [4.78, 5) is 25.8. The number of nitrogens with one attached hydrogen (secondary N) is 2. The molecule has 1 aromatic carbocycles. The van der Waals surface area contributed by atoms with Crippen molar-refractivity contribution >= 4 is 11.6 Å². The number of nitro benzene ring substituents is 1. The van der Waals surface area contributed by atoms with Crippen LogP contribution in [0.25, 0.3) is 0 Å². The maximum Gasteiger partial charge on any atom is 0.311 e. The first kappa shape index (κ1) is 14.4. The molecule has 0 saturated heterocycles. The first-order valence-electron chi connectivity index (χ1n) is 6.18. The number of aromatic hydroxyl groups is 1. The van der Waals surface area contributed by atoms with Crippen LogP contribution in [0.4, 0.5) is 5.69 Å². The summed E-state index contributed by atoms with van der Waals surface area (Å²) in [7, 11) is 0. The van der Waals surface area contributed by atoms with Gasteiger partial charge in [-0.2, -0.15) is 5.10 Å². The molecule has 0 radical (unpaired) electrons. The maximum absolute atomic E-state index is 11.9. The van der Waals surface area contributed by atoms with Crippen LogP contribution in [-0.2, 0) is 6.42 Å². The zero-order valence-corrected chi connectivity index (χ0v) is 10.9. The highest BCUT2D eigenvalue weighted by atomic mass is 16.6. The Labute approximate surface area is 119 Å². The SMILES string of the molecule is O=C(NCCCc1ncn[nH]1)c1cccc([N+](=O)[O-])c1O. The molecular weight excluding hydrogens is 278 g/mol. The number of carbonyl (C=O) groups excluding carboxylic acids is 1. The van der Waals surface area contributed by atoms with Crippen LogP contribution in [0.3, 0.4) is 0 Å². The van der Waals surface area contributed by atoms with Crippen LogP contribution in [0.5, 0.6) is 5.75 Å². The van der Waals surface area contributed by atoms with Gasteiger partial charge in [-0.1, -0.05) is 6.07 Å². The molecule has 0 saturated carbocycles. The molecule has 0 fully saturated rings. The van der Waals surface area contributed by atoms with E-state index in [0.29, 0.717) is 25.2 Å². The molecule has 0 atom stereocenters. The van der Waals surface area contributed by atoms with E-state index in [2.05, 4.69) is 20.5 Å². The number of phenolic OH excluding ortho intramolecular Hbond substituents is 1. The molecule has 2 rings (SSSR count). The Kier molecular flexibility index (Phi) is 4.44. The number of aromatic nitrogens is 3. The van der Waals surface area contributed by atoms with Crippen molar-refractivity contribution in [3.63, 3.8) is 0 Å². The van der Waals surface area contributed by atoms with Crippen molar-refractivity contribution in [1.29, 1.82) is 0 Å². The third kappa shape index (κ3) is 3.53. The highest BCUT2D eigenvalue weighted by molar-refractivity contribution is 5.98. The summed E-state index contributed by atoms with van der Waals surface area (Å²) in [5, 5.41) is 29.4. The molecule has 1 heterocycles. The minimum atomic E-state index is -0.740. The standard InChI is InChI=1S/C12H13N5O4/c18-11-8(3-1-4-9(11)17(20)21)12(19)13-6-2-5-10-14-7-15-16-10/h1,3-4,7,18H,2,5-6H2,(H,13,19)(H,14,15,16). The molecule has 21 heavy (non-hydrogen) atoms. The quantitative estimate of drug-likeness (QED) is 0.409. The average Bonchev–Trinajstić information content (AvgIpc) is 2.96. The number of nitrogens with zero attached hydrogens (tertiary/aromatic N) is 3. The smallest absolute Gasteiger partial charge is 0.311 e. The van der Waals surface area contributed by atoms with Crippen LogP contribution in [0.15, 0.2) is 24.5 Å². The largest absolute Gasteiger partial charge is 0.502 e. The van der Waals surface area contributed by atoms with Gasteiger partial charge < -0.3 is 10.4 Å². The number of aromatic amines is 1. The number of phenols is 1. The van der Waals surface area contributed by atoms with Gasteiger partial charge in [0, 0.05) is 19.0 Å². The Balaban J connectivity index is 1.91. The fraction of sp³-hybridized carbons (Fsp3) is 0.250. The van der Waals surface area contributed by atoms with Gasteiger partial charge in [0.2, 0.25) is 5.75 Å². The van der Waals surface area contributed by atoms with E-state index >= 15 is 0 Å². The van der Waals surface area contributed by atoms with E-state index in [1.54, 1.807) is 0 Å². The Morgan fingerprint density at radius 2 is 2.29 bits per heavy atom. The van der Waals surface area contributed by atoms with Crippen LogP contribution in [0, 0.1) is 10.1 Å². The van der Waals surface area contributed by atoms with Crippen LogP contribution >= 0.6 is 0 Å². The zero-order chi connectivity index (χ0) is 15.2. The summed E-state index contributed by atoms with van der Waals surface area (Å²) in [6, 6.07) is 3.81. The van der Waals surface area contributed by atoms with E-state index in [1.807, 2.05) is 0 Å². The summed E-state index contributed by atoms with van der Waals surface area (Å²) in [6.07, 6.45) is 2.63. The van der Waals surface area contributed by atoms with Gasteiger partial charge in [-0.3, -0.25) is 20.0 Å². The monoisotopic (exact) mass is 291 g/mol. The Morgan fingerprint density at radius 1 is 1.48 bits per heavy atom. The predicted molar refractivity (Wildman–Crippen MR) is 71.8 cm³/mol. The molecule has 9 nitrogen and oxygen atoms in total. The van der Waals surface area contributed by atoms with Crippen molar-refractivity contribution in [2.75, 3.05) is 6.54 Å². The highest BCUT2D eigenvalue weighted by Crippen LogP contribution is 2.28. The minimum Gasteiger partial charge on any atom is -0.502 e. The normalized spacial score (nSPS) is 10.3. The van der Waals surface area contributed by atoms with Crippen LogP contribution < -0.4 is 5.32 Å². The van der Waals surface area contributed by atoms with E-state index in [0.717, 1.165) is 6.07 Å². The zero-order valence-electron chi connectivity index (χ0n) is 10.9. The molecule has 1 aromatic heterocycles. The van der Waals surface area contributed by atoms with E-state index < -0.39 is 22.3 Å². The first-order chi connectivity index (χ1) is 10.1. The van der Waals surface area contributed by atoms with Gasteiger partial charge in [-0.05, 0) is 12.5 Å². The molecule has 0 aliphatic heterocycles.